The maximum atomic E-state index is 11.9. The van der Waals surface area contributed by atoms with E-state index in [-0.39, 0.29) is 12.3 Å². The summed E-state index contributed by atoms with van der Waals surface area (Å²) < 4.78 is 11.4. The third-order valence-electron chi connectivity index (χ3n) is 3.64. The Hall–Kier alpha value is -2.75. The number of imide groups is 1. The molecule has 2 aromatic rings. The van der Waals surface area contributed by atoms with Gasteiger partial charge in [-0.2, -0.15) is 0 Å². The van der Waals surface area contributed by atoms with Gasteiger partial charge in [-0.05, 0) is 6.42 Å². The Labute approximate surface area is 140 Å². The molecule has 10 heteroatoms. The van der Waals surface area contributed by atoms with Gasteiger partial charge in [0.2, 0.25) is 5.91 Å². The zero-order valence-electron chi connectivity index (χ0n) is 12.9. The van der Waals surface area contributed by atoms with Gasteiger partial charge in [-0.1, -0.05) is 5.21 Å². The number of hydrogen-bond donors (Lipinski definition) is 1. The van der Waals surface area contributed by atoms with Crippen LogP contribution < -0.4 is 10.1 Å². The van der Waals surface area contributed by atoms with Gasteiger partial charge < -0.3 is 9.47 Å². The molecule has 0 radical (unpaired) electrons. The van der Waals surface area contributed by atoms with Gasteiger partial charge in [-0.3, -0.25) is 14.9 Å². The number of rotatable bonds is 4. The Kier molecular flexibility index (Phi) is 4.30. The fraction of sp³-hybridized carbons (Fsp3) is 0.357. The van der Waals surface area contributed by atoms with Gasteiger partial charge in [0.05, 0.1) is 26.0 Å². The lowest BCUT2D eigenvalue weighted by molar-refractivity contribution is -0.136. The monoisotopic (exact) mass is 350 g/mol. The van der Waals surface area contributed by atoms with Crippen LogP contribution in [0.4, 0.5) is 0 Å². The summed E-state index contributed by atoms with van der Waals surface area (Å²) in [7, 11) is 2.74. The fourth-order valence-corrected chi connectivity index (χ4v) is 3.39. The molecule has 2 amide bonds. The van der Waals surface area contributed by atoms with E-state index in [0.717, 1.165) is 0 Å². The van der Waals surface area contributed by atoms with E-state index >= 15 is 0 Å². The van der Waals surface area contributed by atoms with Crippen LogP contribution in [-0.2, 0) is 14.3 Å². The standard InChI is InChI=1S/C14H14N4O5S/c1-22-11-7(6-24-12(11)14(21)23-2)8-5-18(17-16-8)9-3-4-10(19)15-13(9)20/h5-6,9H,3-4H2,1-2H3,(H,15,19,20). The van der Waals surface area contributed by atoms with Crippen LogP contribution in [0.25, 0.3) is 11.3 Å². The average molecular weight is 350 g/mol. The fourth-order valence-electron chi connectivity index (χ4n) is 2.45. The second kappa shape index (κ2) is 6.40. The number of methoxy groups -OCH3 is 2. The van der Waals surface area contributed by atoms with E-state index < -0.39 is 17.9 Å². The number of piperidine rings is 1. The van der Waals surface area contributed by atoms with Crippen LogP contribution in [0.1, 0.15) is 28.6 Å². The molecule has 1 aliphatic heterocycles. The highest BCUT2D eigenvalue weighted by Crippen LogP contribution is 2.38. The number of hydrogen-bond acceptors (Lipinski definition) is 8. The number of aromatic nitrogens is 3. The second-order valence-electron chi connectivity index (χ2n) is 5.05. The molecule has 3 rings (SSSR count). The molecule has 0 bridgehead atoms. The van der Waals surface area contributed by atoms with Crippen molar-refractivity contribution < 1.29 is 23.9 Å². The third kappa shape index (κ3) is 2.75. The van der Waals surface area contributed by atoms with Crippen molar-refractivity contribution in [1.29, 1.82) is 0 Å². The van der Waals surface area contributed by atoms with Crippen molar-refractivity contribution in [2.24, 2.45) is 0 Å². The molecule has 1 unspecified atom stereocenters. The number of carbonyl (C=O) groups excluding carboxylic acids is 3. The lowest BCUT2D eigenvalue weighted by Gasteiger charge is -2.20. The zero-order valence-corrected chi connectivity index (χ0v) is 13.8. The van der Waals surface area contributed by atoms with Crippen LogP contribution >= 0.6 is 11.3 Å². The Morgan fingerprint density at radius 3 is 2.88 bits per heavy atom. The van der Waals surface area contributed by atoms with Crippen molar-refractivity contribution in [3.05, 3.63) is 16.5 Å². The minimum Gasteiger partial charge on any atom is -0.494 e. The van der Waals surface area contributed by atoms with Crippen molar-refractivity contribution in [2.75, 3.05) is 14.2 Å². The predicted octanol–water partition coefficient (Wildman–Crippen LogP) is 0.779. The van der Waals surface area contributed by atoms with Crippen LogP contribution in [-0.4, -0.2) is 47.0 Å². The number of nitrogens with one attached hydrogen (secondary N) is 1. The van der Waals surface area contributed by atoms with Crippen LogP contribution in [0.2, 0.25) is 0 Å². The second-order valence-corrected chi connectivity index (χ2v) is 5.93. The van der Waals surface area contributed by atoms with E-state index in [1.165, 1.54) is 30.2 Å². The van der Waals surface area contributed by atoms with Crippen LogP contribution in [0.5, 0.6) is 5.75 Å². The zero-order chi connectivity index (χ0) is 17.3. The van der Waals surface area contributed by atoms with Crippen LogP contribution in [0.3, 0.4) is 0 Å². The van der Waals surface area contributed by atoms with E-state index in [1.807, 2.05) is 0 Å². The Balaban J connectivity index is 1.91. The van der Waals surface area contributed by atoms with Gasteiger partial charge in [0.1, 0.15) is 11.7 Å². The van der Waals surface area contributed by atoms with E-state index in [2.05, 4.69) is 15.6 Å². The van der Waals surface area contributed by atoms with Gasteiger partial charge in [0, 0.05) is 11.8 Å². The van der Waals surface area contributed by atoms with Crippen molar-refractivity contribution in [3.8, 4) is 17.0 Å². The minimum atomic E-state index is -0.589. The van der Waals surface area contributed by atoms with Crippen molar-refractivity contribution in [1.82, 2.24) is 20.3 Å². The topological polar surface area (TPSA) is 112 Å². The normalized spacial score (nSPS) is 17.5. The predicted molar refractivity (Wildman–Crippen MR) is 82.6 cm³/mol. The Morgan fingerprint density at radius 1 is 1.42 bits per heavy atom. The molecular weight excluding hydrogens is 336 g/mol. The number of thiophene rings is 1. The molecule has 1 saturated heterocycles. The van der Waals surface area contributed by atoms with Gasteiger partial charge in [-0.25, -0.2) is 9.48 Å². The van der Waals surface area contributed by atoms with Crippen molar-refractivity contribution in [2.45, 2.75) is 18.9 Å². The maximum absolute atomic E-state index is 11.9. The highest BCUT2D eigenvalue weighted by atomic mass is 32.1. The molecule has 0 spiro atoms. The lowest BCUT2D eigenvalue weighted by atomic mass is 10.1. The van der Waals surface area contributed by atoms with E-state index in [1.54, 1.807) is 11.6 Å². The molecule has 1 atom stereocenters. The molecule has 3 heterocycles. The third-order valence-corrected chi connectivity index (χ3v) is 4.58. The molecule has 1 N–H and O–H groups in total. The van der Waals surface area contributed by atoms with E-state index in [0.29, 0.717) is 28.3 Å². The smallest absolute Gasteiger partial charge is 0.351 e. The first-order chi connectivity index (χ1) is 11.5. The number of ether oxygens (including phenoxy) is 2. The molecular formula is C14H14N4O5S. The largest absolute Gasteiger partial charge is 0.494 e. The van der Waals surface area contributed by atoms with Gasteiger partial charge in [0.25, 0.3) is 5.91 Å². The number of nitrogens with zero attached hydrogens (tertiary/aromatic N) is 3. The molecule has 0 aliphatic carbocycles. The molecule has 1 fully saturated rings. The molecule has 0 aromatic carbocycles. The van der Waals surface area contributed by atoms with Crippen LogP contribution in [0, 0.1) is 0 Å². The van der Waals surface area contributed by atoms with E-state index in [9.17, 15) is 14.4 Å². The summed E-state index contributed by atoms with van der Waals surface area (Å²) >= 11 is 1.17. The van der Waals surface area contributed by atoms with Gasteiger partial charge in [-0.15, -0.1) is 16.4 Å². The first kappa shape index (κ1) is 16.1. The average Bonchev–Trinajstić information content (AvgIpc) is 3.20. The quantitative estimate of drug-likeness (QED) is 0.640. The minimum absolute atomic E-state index is 0.250. The number of amides is 2. The molecule has 2 aromatic heterocycles. The summed E-state index contributed by atoms with van der Waals surface area (Å²) in [6.45, 7) is 0. The summed E-state index contributed by atoms with van der Waals surface area (Å²) in [5.41, 5.74) is 1.05. The van der Waals surface area contributed by atoms with Gasteiger partial charge >= 0.3 is 5.97 Å². The van der Waals surface area contributed by atoms with Crippen molar-refractivity contribution >= 4 is 29.1 Å². The summed E-state index contributed by atoms with van der Waals surface area (Å²) in [4.78, 5) is 35.2. The lowest BCUT2D eigenvalue weighted by Crippen LogP contribution is -2.41. The number of esters is 1. The summed E-state index contributed by atoms with van der Waals surface area (Å²) in [6.07, 6.45) is 2.20. The van der Waals surface area contributed by atoms with Gasteiger partial charge in [0.15, 0.2) is 10.6 Å². The molecule has 126 valence electrons. The number of carbonyl (C=O) groups is 3. The first-order valence-electron chi connectivity index (χ1n) is 7.04. The highest BCUT2D eigenvalue weighted by molar-refractivity contribution is 7.12. The van der Waals surface area contributed by atoms with E-state index in [4.69, 9.17) is 9.47 Å². The molecule has 24 heavy (non-hydrogen) atoms. The first-order valence-corrected chi connectivity index (χ1v) is 7.92. The summed E-state index contributed by atoms with van der Waals surface area (Å²) in [5, 5.41) is 12.0. The summed E-state index contributed by atoms with van der Waals surface area (Å²) in [5.74, 6) is -0.850. The molecule has 1 aliphatic rings. The SMILES string of the molecule is COC(=O)c1scc(-c2cn(C3CCC(=O)NC3=O)nn2)c1OC. The molecule has 9 nitrogen and oxygen atoms in total. The maximum Gasteiger partial charge on any atom is 0.351 e. The summed E-state index contributed by atoms with van der Waals surface area (Å²) in [6, 6.07) is -0.589. The molecule has 0 saturated carbocycles. The van der Waals surface area contributed by atoms with Crippen LogP contribution in [0.15, 0.2) is 11.6 Å². The Morgan fingerprint density at radius 2 is 2.21 bits per heavy atom. The van der Waals surface area contributed by atoms with Crippen molar-refractivity contribution in [3.63, 3.8) is 0 Å². The highest BCUT2D eigenvalue weighted by Gasteiger charge is 2.30. The Bertz CT molecular complexity index is 812.